The third-order valence-corrected chi connectivity index (χ3v) is 4.06. The number of amides is 1. The van der Waals surface area contributed by atoms with Gasteiger partial charge in [-0.3, -0.25) is 9.69 Å². The Kier molecular flexibility index (Phi) is 4.80. The first kappa shape index (κ1) is 12.8. The summed E-state index contributed by atoms with van der Waals surface area (Å²) in [5, 5.41) is 6.21. The molecule has 1 saturated heterocycles. The second-order valence-electron chi connectivity index (χ2n) is 5.23. The molecule has 17 heavy (non-hydrogen) atoms. The standard InChI is InChI=1S/C13H25N3O/c1-14-9-7-12-13(17)15-8-4-10-16(12)11-5-2-3-6-11/h11-12,14H,2-10H2,1H3,(H,15,17). The van der Waals surface area contributed by atoms with Gasteiger partial charge in [-0.15, -0.1) is 0 Å². The van der Waals surface area contributed by atoms with Crippen LogP contribution in [0.3, 0.4) is 0 Å². The number of carbonyl (C=O) groups is 1. The highest BCUT2D eigenvalue weighted by molar-refractivity contribution is 5.82. The fraction of sp³-hybridized carbons (Fsp3) is 0.923. The van der Waals surface area contributed by atoms with Gasteiger partial charge in [0.2, 0.25) is 5.91 Å². The molecule has 0 aromatic carbocycles. The van der Waals surface area contributed by atoms with Gasteiger partial charge in [0.25, 0.3) is 0 Å². The molecule has 2 aliphatic rings. The molecule has 0 radical (unpaired) electrons. The van der Waals surface area contributed by atoms with Gasteiger partial charge in [0.1, 0.15) is 0 Å². The summed E-state index contributed by atoms with van der Waals surface area (Å²) in [6, 6.07) is 0.744. The van der Waals surface area contributed by atoms with E-state index in [9.17, 15) is 4.79 Å². The van der Waals surface area contributed by atoms with Crippen LogP contribution in [0.4, 0.5) is 0 Å². The highest BCUT2D eigenvalue weighted by Crippen LogP contribution is 2.26. The Balaban J connectivity index is 2.03. The van der Waals surface area contributed by atoms with Crippen LogP contribution in [0.2, 0.25) is 0 Å². The van der Waals surface area contributed by atoms with Crippen molar-refractivity contribution in [3.63, 3.8) is 0 Å². The first-order valence-electron chi connectivity index (χ1n) is 7.01. The van der Waals surface area contributed by atoms with Crippen LogP contribution < -0.4 is 10.6 Å². The number of hydrogen-bond acceptors (Lipinski definition) is 3. The number of carbonyl (C=O) groups excluding carboxylic acids is 1. The summed E-state index contributed by atoms with van der Waals surface area (Å²) >= 11 is 0. The zero-order chi connectivity index (χ0) is 12.1. The summed E-state index contributed by atoms with van der Waals surface area (Å²) in [6.07, 6.45) is 7.26. The Morgan fingerprint density at radius 2 is 2.12 bits per heavy atom. The summed E-state index contributed by atoms with van der Waals surface area (Å²) in [5.74, 6) is 0.240. The minimum atomic E-state index is 0.0908. The van der Waals surface area contributed by atoms with Crippen LogP contribution in [0.25, 0.3) is 0 Å². The van der Waals surface area contributed by atoms with Crippen LogP contribution in [-0.4, -0.2) is 49.6 Å². The molecule has 4 heteroatoms. The Bertz CT molecular complexity index is 251. The largest absolute Gasteiger partial charge is 0.355 e. The van der Waals surface area contributed by atoms with Gasteiger partial charge >= 0.3 is 0 Å². The van der Waals surface area contributed by atoms with E-state index in [1.165, 1.54) is 25.7 Å². The lowest BCUT2D eigenvalue weighted by Gasteiger charge is -2.33. The van der Waals surface area contributed by atoms with Crippen LogP contribution in [0, 0.1) is 0 Å². The Hall–Kier alpha value is -0.610. The van der Waals surface area contributed by atoms with Gasteiger partial charge in [-0.05, 0) is 39.3 Å². The predicted molar refractivity (Wildman–Crippen MR) is 68.9 cm³/mol. The Morgan fingerprint density at radius 1 is 1.35 bits per heavy atom. The number of rotatable bonds is 4. The van der Waals surface area contributed by atoms with E-state index >= 15 is 0 Å². The highest BCUT2D eigenvalue weighted by atomic mass is 16.2. The van der Waals surface area contributed by atoms with E-state index in [4.69, 9.17) is 0 Å². The Labute approximate surface area is 104 Å². The van der Waals surface area contributed by atoms with Crippen molar-refractivity contribution < 1.29 is 4.79 Å². The Morgan fingerprint density at radius 3 is 2.82 bits per heavy atom. The van der Waals surface area contributed by atoms with E-state index in [1.807, 2.05) is 7.05 Å². The fourth-order valence-electron chi connectivity index (χ4n) is 3.15. The molecule has 0 spiro atoms. The predicted octanol–water partition coefficient (Wildman–Crippen LogP) is 0.729. The summed E-state index contributed by atoms with van der Waals surface area (Å²) in [6.45, 7) is 2.84. The molecule has 1 heterocycles. The average Bonchev–Trinajstić information content (AvgIpc) is 2.79. The minimum Gasteiger partial charge on any atom is -0.355 e. The first-order chi connectivity index (χ1) is 8.33. The molecule has 98 valence electrons. The van der Waals surface area contributed by atoms with Gasteiger partial charge < -0.3 is 10.6 Å². The summed E-state index contributed by atoms with van der Waals surface area (Å²) in [5.41, 5.74) is 0. The van der Waals surface area contributed by atoms with E-state index < -0.39 is 0 Å². The molecular weight excluding hydrogens is 214 g/mol. The molecule has 0 bridgehead atoms. The van der Waals surface area contributed by atoms with Crippen LogP contribution in [0.15, 0.2) is 0 Å². The molecule has 1 saturated carbocycles. The topological polar surface area (TPSA) is 44.4 Å². The van der Waals surface area contributed by atoms with Crippen molar-refractivity contribution in [2.45, 2.75) is 50.6 Å². The second-order valence-corrected chi connectivity index (χ2v) is 5.23. The van der Waals surface area contributed by atoms with Crippen molar-refractivity contribution in [3.05, 3.63) is 0 Å². The van der Waals surface area contributed by atoms with Gasteiger partial charge in [0.15, 0.2) is 0 Å². The smallest absolute Gasteiger partial charge is 0.237 e. The van der Waals surface area contributed by atoms with Gasteiger partial charge in [-0.1, -0.05) is 12.8 Å². The molecule has 1 aliphatic carbocycles. The second kappa shape index (κ2) is 6.36. The van der Waals surface area contributed by atoms with Gasteiger partial charge in [-0.2, -0.15) is 0 Å². The molecule has 0 aromatic rings. The van der Waals surface area contributed by atoms with E-state index in [-0.39, 0.29) is 11.9 Å². The third kappa shape index (κ3) is 3.19. The van der Waals surface area contributed by atoms with Crippen molar-refractivity contribution in [2.24, 2.45) is 0 Å². The van der Waals surface area contributed by atoms with Crippen molar-refractivity contribution in [2.75, 3.05) is 26.7 Å². The van der Waals surface area contributed by atoms with Gasteiger partial charge in [0, 0.05) is 19.1 Å². The lowest BCUT2D eigenvalue weighted by atomic mass is 10.1. The zero-order valence-corrected chi connectivity index (χ0v) is 10.9. The molecule has 2 N–H and O–H groups in total. The maximum atomic E-state index is 12.1. The molecular formula is C13H25N3O. The lowest BCUT2D eigenvalue weighted by molar-refractivity contribution is -0.126. The summed E-state index contributed by atoms with van der Waals surface area (Å²) in [4.78, 5) is 14.6. The van der Waals surface area contributed by atoms with Crippen molar-refractivity contribution in [1.29, 1.82) is 0 Å². The van der Waals surface area contributed by atoms with Crippen molar-refractivity contribution in [3.8, 4) is 0 Å². The number of nitrogens with one attached hydrogen (secondary N) is 2. The number of nitrogens with zero attached hydrogens (tertiary/aromatic N) is 1. The molecule has 1 unspecified atom stereocenters. The monoisotopic (exact) mass is 239 g/mol. The normalized spacial score (nSPS) is 28.1. The van der Waals surface area contributed by atoms with E-state index in [0.717, 1.165) is 32.5 Å². The quantitative estimate of drug-likeness (QED) is 0.760. The molecule has 1 amide bonds. The van der Waals surface area contributed by atoms with Crippen molar-refractivity contribution >= 4 is 5.91 Å². The van der Waals surface area contributed by atoms with E-state index in [1.54, 1.807) is 0 Å². The summed E-state index contributed by atoms with van der Waals surface area (Å²) in [7, 11) is 1.95. The minimum absolute atomic E-state index is 0.0908. The maximum absolute atomic E-state index is 12.1. The molecule has 4 nitrogen and oxygen atoms in total. The van der Waals surface area contributed by atoms with Crippen LogP contribution in [-0.2, 0) is 4.79 Å². The van der Waals surface area contributed by atoms with Gasteiger partial charge in [-0.25, -0.2) is 0 Å². The zero-order valence-electron chi connectivity index (χ0n) is 10.9. The fourth-order valence-corrected chi connectivity index (χ4v) is 3.15. The summed E-state index contributed by atoms with van der Waals surface area (Å²) < 4.78 is 0. The molecule has 0 aromatic heterocycles. The van der Waals surface area contributed by atoms with Crippen LogP contribution in [0.5, 0.6) is 0 Å². The van der Waals surface area contributed by atoms with Crippen LogP contribution >= 0.6 is 0 Å². The average molecular weight is 239 g/mol. The lowest BCUT2D eigenvalue weighted by Crippen LogP contribution is -2.49. The molecule has 1 aliphatic heterocycles. The highest BCUT2D eigenvalue weighted by Gasteiger charge is 2.33. The van der Waals surface area contributed by atoms with Crippen molar-refractivity contribution in [1.82, 2.24) is 15.5 Å². The van der Waals surface area contributed by atoms with E-state index in [0.29, 0.717) is 6.04 Å². The third-order valence-electron chi connectivity index (χ3n) is 4.06. The molecule has 2 rings (SSSR count). The number of hydrogen-bond donors (Lipinski definition) is 2. The molecule has 1 atom stereocenters. The maximum Gasteiger partial charge on any atom is 0.237 e. The first-order valence-corrected chi connectivity index (χ1v) is 7.01. The SMILES string of the molecule is CNCCC1C(=O)NCCCN1C1CCCC1. The van der Waals surface area contributed by atoms with Gasteiger partial charge in [0.05, 0.1) is 6.04 Å². The van der Waals surface area contributed by atoms with E-state index in [2.05, 4.69) is 15.5 Å². The van der Waals surface area contributed by atoms with Crippen LogP contribution in [0.1, 0.15) is 38.5 Å². The molecule has 2 fully saturated rings.